The molecule has 1 heteroatoms. The molecule has 0 aromatic rings. The van der Waals surface area contributed by atoms with Gasteiger partial charge in [-0.2, -0.15) is 0 Å². The lowest BCUT2D eigenvalue weighted by atomic mass is 10.0. The van der Waals surface area contributed by atoms with E-state index >= 15 is 0 Å². The summed E-state index contributed by atoms with van der Waals surface area (Å²) in [7, 11) is 0. The first kappa shape index (κ1) is 14.4. The summed E-state index contributed by atoms with van der Waals surface area (Å²) >= 11 is 0. The standard InChI is InChI=1S/C14H26O/c1-13(2)9-7-5-4-6-8-10-14(3)11-12-15/h11-13H,4-10H2,1-3H3. The van der Waals surface area contributed by atoms with Gasteiger partial charge in [0.1, 0.15) is 6.29 Å². The Morgan fingerprint density at radius 3 is 2.27 bits per heavy atom. The smallest absolute Gasteiger partial charge is 0.142 e. The van der Waals surface area contributed by atoms with Crippen molar-refractivity contribution in [2.24, 2.45) is 5.92 Å². The Labute approximate surface area is 95.0 Å². The van der Waals surface area contributed by atoms with Crippen LogP contribution in [0.5, 0.6) is 0 Å². The lowest BCUT2D eigenvalue weighted by molar-refractivity contribution is -0.104. The molecule has 88 valence electrons. The molecule has 0 aliphatic rings. The Bertz CT molecular complexity index is 180. The fourth-order valence-corrected chi connectivity index (χ4v) is 1.69. The van der Waals surface area contributed by atoms with Crippen LogP contribution in [-0.4, -0.2) is 6.29 Å². The second kappa shape index (κ2) is 9.95. The molecule has 0 N–H and O–H groups in total. The first-order valence-electron chi connectivity index (χ1n) is 6.27. The molecular weight excluding hydrogens is 184 g/mol. The number of rotatable bonds is 9. The van der Waals surface area contributed by atoms with Crippen molar-refractivity contribution in [2.45, 2.75) is 65.7 Å². The Balaban J connectivity index is 3.18. The summed E-state index contributed by atoms with van der Waals surface area (Å²) in [6, 6.07) is 0. The van der Waals surface area contributed by atoms with Crippen LogP contribution in [0.25, 0.3) is 0 Å². The maximum Gasteiger partial charge on any atom is 0.142 e. The average Bonchev–Trinajstić information content (AvgIpc) is 2.16. The molecule has 0 aromatic carbocycles. The Hall–Kier alpha value is -0.590. The van der Waals surface area contributed by atoms with E-state index < -0.39 is 0 Å². The van der Waals surface area contributed by atoms with Crippen molar-refractivity contribution in [3.05, 3.63) is 11.6 Å². The highest BCUT2D eigenvalue weighted by molar-refractivity contribution is 5.65. The minimum atomic E-state index is 0.850. The van der Waals surface area contributed by atoms with Gasteiger partial charge in [0, 0.05) is 0 Å². The largest absolute Gasteiger partial charge is 0.299 e. The number of unbranched alkanes of at least 4 members (excludes halogenated alkanes) is 4. The normalized spacial score (nSPS) is 12.1. The maximum atomic E-state index is 10.2. The van der Waals surface area contributed by atoms with Crippen LogP contribution in [0.1, 0.15) is 65.7 Å². The van der Waals surface area contributed by atoms with Gasteiger partial charge >= 0.3 is 0 Å². The molecule has 0 rings (SSSR count). The SMILES string of the molecule is CC(=CC=O)CCCCCCCC(C)C. The van der Waals surface area contributed by atoms with E-state index in [4.69, 9.17) is 0 Å². The number of hydrogen-bond acceptors (Lipinski definition) is 1. The highest BCUT2D eigenvalue weighted by Gasteiger charge is 1.95. The summed E-state index contributed by atoms with van der Waals surface area (Å²) in [5, 5.41) is 0. The van der Waals surface area contributed by atoms with Crippen LogP contribution in [0, 0.1) is 5.92 Å². The van der Waals surface area contributed by atoms with Crippen molar-refractivity contribution in [1.82, 2.24) is 0 Å². The zero-order valence-electron chi connectivity index (χ0n) is 10.6. The van der Waals surface area contributed by atoms with Gasteiger partial charge in [-0.15, -0.1) is 0 Å². The van der Waals surface area contributed by atoms with Gasteiger partial charge in [0.05, 0.1) is 0 Å². The first-order chi connectivity index (χ1) is 7.16. The van der Waals surface area contributed by atoms with E-state index in [0.29, 0.717) is 0 Å². The molecule has 1 nitrogen and oxygen atoms in total. The van der Waals surface area contributed by atoms with Crippen molar-refractivity contribution >= 4 is 6.29 Å². The number of allylic oxidation sites excluding steroid dienone is 2. The highest BCUT2D eigenvalue weighted by atomic mass is 16.1. The van der Waals surface area contributed by atoms with E-state index in [0.717, 1.165) is 18.6 Å². The summed E-state index contributed by atoms with van der Waals surface area (Å²) < 4.78 is 0. The maximum absolute atomic E-state index is 10.2. The van der Waals surface area contributed by atoms with Gasteiger partial charge < -0.3 is 0 Å². The number of carbonyl (C=O) groups excluding carboxylic acids is 1. The van der Waals surface area contributed by atoms with Crippen molar-refractivity contribution in [3.63, 3.8) is 0 Å². The number of carbonyl (C=O) groups is 1. The Morgan fingerprint density at radius 2 is 1.67 bits per heavy atom. The molecule has 0 unspecified atom stereocenters. The van der Waals surface area contributed by atoms with Crippen molar-refractivity contribution in [3.8, 4) is 0 Å². The third-order valence-electron chi connectivity index (χ3n) is 2.71. The molecule has 0 saturated carbocycles. The number of aldehydes is 1. The molecule has 0 saturated heterocycles. The number of hydrogen-bond donors (Lipinski definition) is 0. The second-order valence-electron chi connectivity index (χ2n) is 4.85. The van der Waals surface area contributed by atoms with Crippen LogP contribution < -0.4 is 0 Å². The minimum absolute atomic E-state index is 0.850. The molecule has 0 heterocycles. The van der Waals surface area contributed by atoms with Gasteiger partial charge in [0.15, 0.2) is 0 Å². The van der Waals surface area contributed by atoms with Gasteiger partial charge in [0.25, 0.3) is 0 Å². The lowest BCUT2D eigenvalue weighted by Crippen LogP contribution is -1.87. The molecule has 0 aliphatic carbocycles. The van der Waals surface area contributed by atoms with Gasteiger partial charge in [-0.1, -0.05) is 51.5 Å². The zero-order chi connectivity index (χ0) is 11.5. The van der Waals surface area contributed by atoms with E-state index in [-0.39, 0.29) is 0 Å². The summed E-state index contributed by atoms with van der Waals surface area (Å²) in [5.74, 6) is 0.850. The summed E-state index contributed by atoms with van der Waals surface area (Å²) in [4.78, 5) is 10.2. The minimum Gasteiger partial charge on any atom is -0.299 e. The molecule has 0 bridgehead atoms. The van der Waals surface area contributed by atoms with E-state index in [9.17, 15) is 4.79 Å². The quantitative estimate of drug-likeness (QED) is 0.311. The van der Waals surface area contributed by atoms with Gasteiger partial charge in [-0.05, 0) is 31.8 Å². The summed E-state index contributed by atoms with van der Waals surface area (Å²) in [5.41, 5.74) is 1.21. The molecular formula is C14H26O. The average molecular weight is 210 g/mol. The predicted molar refractivity (Wildman–Crippen MR) is 67.0 cm³/mol. The summed E-state index contributed by atoms with van der Waals surface area (Å²) in [6.45, 7) is 6.61. The fraction of sp³-hybridized carbons (Fsp3) is 0.786. The van der Waals surface area contributed by atoms with Crippen molar-refractivity contribution < 1.29 is 4.79 Å². The van der Waals surface area contributed by atoms with Crippen LogP contribution in [0.4, 0.5) is 0 Å². The highest BCUT2D eigenvalue weighted by Crippen LogP contribution is 2.13. The summed E-state index contributed by atoms with van der Waals surface area (Å²) in [6.07, 6.45) is 11.7. The molecule has 0 radical (unpaired) electrons. The van der Waals surface area contributed by atoms with Crippen LogP contribution >= 0.6 is 0 Å². The molecule has 15 heavy (non-hydrogen) atoms. The monoisotopic (exact) mass is 210 g/mol. The molecule has 0 fully saturated rings. The van der Waals surface area contributed by atoms with E-state index in [1.807, 2.05) is 6.92 Å². The third kappa shape index (κ3) is 11.3. The second-order valence-corrected chi connectivity index (χ2v) is 4.85. The first-order valence-corrected chi connectivity index (χ1v) is 6.27. The van der Waals surface area contributed by atoms with Crippen molar-refractivity contribution in [2.75, 3.05) is 0 Å². The van der Waals surface area contributed by atoms with Crippen LogP contribution in [0.15, 0.2) is 11.6 Å². The third-order valence-corrected chi connectivity index (χ3v) is 2.71. The Kier molecular flexibility index (Phi) is 9.55. The van der Waals surface area contributed by atoms with Gasteiger partial charge in [0.2, 0.25) is 0 Å². The molecule has 0 atom stereocenters. The van der Waals surface area contributed by atoms with Gasteiger partial charge in [-0.3, -0.25) is 4.79 Å². The van der Waals surface area contributed by atoms with E-state index in [1.54, 1.807) is 6.08 Å². The predicted octanol–water partition coefficient (Wildman–Crippen LogP) is 4.52. The van der Waals surface area contributed by atoms with E-state index in [2.05, 4.69) is 13.8 Å². The molecule has 0 spiro atoms. The molecule has 0 aromatic heterocycles. The topological polar surface area (TPSA) is 17.1 Å². The Morgan fingerprint density at radius 1 is 1.07 bits per heavy atom. The molecule has 0 aliphatic heterocycles. The van der Waals surface area contributed by atoms with Crippen LogP contribution in [0.3, 0.4) is 0 Å². The van der Waals surface area contributed by atoms with E-state index in [1.165, 1.54) is 44.1 Å². The lowest BCUT2D eigenvalue weighted by Gasteiger charge is -2.04. The van der Waals surface area contributed by atoms with Crippen LogP contribution in [-0.2, 0) is 4.79 Å². The van der Waals surface area contributed by atoms with Crippen LogP contribution in [0.2, 0.25) is 0 Å². The fourth-order valence-electron chi connectivity index (χ4n) is 1.69. The van der Waals surface area contributed by atoms with Gasteiger partial charge in [-0.25, -0.2) is 0 Å². The molecule has 0 amide bonds. The zero-order valence-corrected chi connectivity index (χ0v) is 10.6. The van der Waals surface area contributed by atoms with Crippen molar-refractivity contribution in [1.29, 1.82) is 0 Å².